The van der Waals surface area contributed by atoms with E-state index >= 15 is 0 Å². The minimum atomic E-state index is -3.86. The molecule has 0 unspecified atom stereocenters. The van der Waals surface area contributed by atoms with Gasteiger partial charge < -0.3 is 4.90 Å². The van der Waals surface area contributed by atoms with E-state index in [4.69, 9.17) is 16.6 Å². The summed E-state index contributed by atoms with van der Waals surface area (Å²) in [6, 6.07) is 9.80. The highest BCUT2D eigenvalue weighted by Crippen LogP contribution is 2.31. The molecule has 0 aliphatic carbocycles. The summed E-state index contributed by atoms with van der Waals surface area (Å²) in [5.41, 5.74) is 3.97. The first kappa shape index (κ1) is 22.7. The predicted octanol–water partition coefficient (Wildman–Crippen LogP) is 4.50. The normalized spacial score (nSPS) is 15.2. The van der Waals surface area contributed by atoms with E-state index in [0.717, 1.165) is 22.5 Å². The zero-order valence-corrected chi connectivity index (χ0v) is 19.9. The van der Waals surface area contributed by atoms with E-state index in [-0.39, 0.29) is 23.0 Å². The number of aromatic nitrogens is 1. The van der Waals surface area contributed by atoms with Crippen LogP contribution in [0.15, 0.2) is 46.7 Å². The number of piperazine rings is 1. The Morgan fingerprint density at radius 1 is 1.06 bits per heavy atom. The fourth-order valence-electron chi connectivity index (χ4n) is 3.50. The number of nitrogens with zero attached hydrogens (tertiary/aromatic N) is 4. The molecule has 2 aromatic carbocycles. The maximum Gasteiger partial charge on any atom is 0.289 e. The van der Waals surface area contributed by atoms with Gasteiger partial charge in [0.25, 0.3) is 5.69 Å². The molecule has 1 saturated heterocycles. The highest BCUT2D eigenvalue weighted by molar-refractivity contribution is 7.89. The van der Waals surface area contributed by atoms with E-state index < -0.39 is 20.6 Å². The van der Waals surface area contributed by atoms with Crippen LogP contribution in [0.1, 0.15) is 11.1 Å². The fourth-order valence-corrected chi connectivity index (χ4v) is 6.02. The Kier molecular flexibility index (Phi) is 6.22. The van der Waals surface area contributed by atoms with Crippen molar-refractivity contribution in [2.75, 3.05) is 31.1 Å². The first-order valence-corrected chi connectivity index (χ1v) is 12.6. The van der Waals surface area contributed by atoms with Crippen molar-refractivity contribution >= 4 is 43.8 Å². The van der Waals surface area contributed by atoms with Gasteiger partial charge >= 0.3 is 0 Å². The molecular weight excluding hydrogens is 472 g/mol. The molecule has 3 aromatic rings. The second kappa shape index (κ2) is 8.78. The average Bonchev–Trinajstić information content (AvgIpc) is 3.26. The molecule has 0 radical (unpaired) electrons. The molecule has 0 spiro atoms. The van der Waals surface area contributed by atoms with Gasteiger partial charge in [-0.2, -0.15) is 4.31 Å². The zero-order chi connectivity index (χ0) is 23.0. The number of hydrogen-bond acceptors (Lipinski definition) is 7. The monoisotopic (exact) mass is 492 g/mol. The van der Waals surface area contributed by atoms with Crippen LogP contribution in [0.5, 0.6) is 0 Å². The molecule has 168 valence electrons. The van der Waals surface area contributed by atoms with Crippen LogP contribution in [-0.4, -0.2) is 48.8 Å². The van der Waals surface area contributed by atoms with E-state index in [1.54, 1.807) is 0 Å². The molecule has 0 saturated carbocycles. The van der Waals surface area contributed by atoms with Crippen LogP contribution >= 0.6 is 22.9 Å². The summed E-state index contributed by atoms with van der Waals surface area (Å²) in [4.78, 5) is 17.1. The lowest BCUT2D eigenvalue weighted by Gasteiger charge is -2.33. The van der Waals surface area contributed by atoms with E-state index in [0.29, 0.717) is 13.1 Å². The Balaban J connectivity index is 1.47. The van der Waals surface area contributed by atoms with Crippen molar-refractivity contribution < 1.29 is 13.3 Å². The van der Waals surface area contributed by atoms with E-state index in [2.05, 4.69) is 36.9 Å². The summed E-state index contributed by atoms with van der Waals surface area (Å²) >= 11 is 7.34. The summed E-state index contributed by atoms with van der Waals surface area (Å²) in [6.45, 7) is 5.63. The lowest BCUT2D eigenvalue weighted by molar-refractivity contribution is -0.384. The molecule has 0 amide bonds. The van der Waals surface area contributed by atoms with Crippen LogP contribution in [0, 0.1) is 24.0 Å². The lowest BCUT2D eigenvalue weighted by atomic mass is 10.1. The lowest BCUT2D eigenvalue weighted by Crippen LogP contribution is -2.48. The Hall–Kier alpha value is -2.53. The Bertz CT molecular complexity index is 1280. The minimum absolute atomic E-state index is 0.0953. The molecule has 1 aliphatic heterocycles. The van der Waals surface area contributed by atoms with Crippen LogP contribution < -0.4 is 4.90 Å². The van der Waals surface area contributed by atoms with E-state index in [9.17, 15) is 18.5 Å². The molecule has 1 aromatic heterocycles. The van der Waals surface area contributed by atoms with Crippen molar-refractivity contribution in [3.8, 4) is 11.3 Å². The number of anilines is 1. The van der Waals surface area contributed by atoms with Crippen molar-refractivity contribution in [1.82, 2.24) is 9.29 Å². The van der Waals surface area contributed by atoms with Gasteiger partial charge in [0.1, 0.15) is 5.02 Å². The van der Waals surface area contributed by atoms with Crippen molar-refractivity contribution in [2.45, 2.75) is 18.7 Å². The Morgan fingerprint density at radius 2 is 1.78 bits per heavy atom. The molecule has 0 N–H and O–H groups in total. The van der Waals surface area contributed by atoms with E-state index in [1.807, 2.05) is 5.38 Å². The van der Waals surface area contributed by atoms with Crippen LogP contribution in [0.4, 0.5) is 10.8 Å². The molecule has 1 fully saturated rings. The smallest absolute Gasteiger partial charge is 0.289 e. The summed E-state index contributed by atoms with van der Waals surface area (Å²) in [5, 5.41) is 13.9. The number of nitro benzene ring substituents is 1. The number of benzene rings is 2. The van der Waals surface area contributed by atoms with Crippen molar-refractivity contribution in [2.24, 2.45) is 0 Å². The molecule has 0 bridgehead atoms. The van der Waals surface area contributed by atoms with Gasteiger partial charge in [-0.15, -0.1) is 11.3 Å². The molecule has 4 rings (SSSR count). The van der Waals surface area contributed by atoms with Gasteiger partial charge in [0.2, 0.25) is 10.0 Å². The van der Waals surface area contributed by atoms with Gasteiger partial charge in [-0.25, -0.2) is 13.4 Å². The van der Waals surface area contributed by atoms with Crippen LogP contribution in [0.2, 0.25) is 5.02 Å². The Labute approximate surface area is 195 Å². The van der Waals surface area contributed by atoms with Crippen molar-refractivity contribution in [1.29, 1.82) is 0 Å². The quantitative estimate of drug-likeness (QED) is 0.384. The number of aryl methyl sites for hydroxylation is 2. The van der Waals surface area contributed by atoms with Gasteiger partial charge in [-0.1, -0.05) is 23.7 Å². The average molecular weight is 493 g/mol. The number of hydrogen-bond donors (Lipinski definition) is 0. The highest BCUT2D eigenvalue weighted by atomic mass is 35.5. The summed E-state index contributed by atoms with van der Waals surface area (Å²) in [7, 11) is -3.86. The second-order valence-corrected chi connectivity index (χ2v) is 10.8. The highest BCUT2D eigenvalue weighted by Gasteiger charge is 2.31. The van der Waals surface area contributed by atoms with Gasteiger partial charge in [-0.3, -0.25) is 10.1 Å². The fraction of sp³-hybridized carbons (Fsp3) is 0.286. The predicted molar refractivity (Wildman–Crippen MR) is 126 cm³/mol. The number of rotatable bonds is 5. The maximum absolute atomic E-state index is 13.0. The SMILES string of the molecule is Cc1ccc(-c2csc(N3CCN(S(=O)(=O)c4ccc(Cl)c([N+](=O)[O-])c4)CC3)n2)cc1C. The van der Waals surface area contributed by atoms with E-state index in [1.165, 1.54) is 38.9 Å². The first-order valence-electron chi connectivity index (χ1n) is 9.89. The topological polar surface area (TPSA) is 96.7 Å². The van der Waals surface area contributed by atoms with Crippen molar-refractivity contribution in [3.63, 3.8) is 0 Å². The largest absolute Gasteiger partial charge is 0.345 e. The molecule has 0 atom stereocenters. The molecule has 32 heavy (non-hydrogen) atoms. The van der Waals surface area contributed by atoms with Crippen molar-refractivity contribution in [3.05, 3.63) is 68.0 Å². The number of halogens is 1. The number of nitro groups is 1. The summed E-state index contributed by atoms with van der Waals surface area (Å²) in [5.74, 6) is 0. The number of thiazole rings is 1. The van der Waals surface area contributed by atoms with Crippen LogP contribution in [0.3, 0.4) is 0 Å². The zero-order valence-electron chi connectivity index (χ0n) is 17.5. The third kappa shape index (κ3) is 4.36. The molecular formula is C21H21ClN4O4S2. The van der Waals surface area contributed by atoms with Gasteiger partial charge in [0, 0.05) is 43.2 Å². The number of sulfonamides is 1. The molecule has 2 heterocycles. The molecule has 8 nitrogen and oxygen atoms in total. The third-order valence-corrected chi connectivity index (χ3v) is 8.67. The summed E-state index contributed by atoms with van der Waals surface area (Å²) < 4.78 is 27.3. The summed E-state index contributed by atoms with van der Waals surface area (Å²) in [6.07, 6.45) is 0. The third-order valence-electron chi connectivity index (χ3n) is 5.56. The van der Waals surface area contributed by atoms with Crippen LogP contribution in [0.25, 0.3) is 11.3 Å². The van der Waals surface area contributed by atoms with Gasteiger partial charge in [0.15, 0.2) is 5.13 Å². The minimum Gasteiger partial charge on any atom is -0.345 e. The van der Waals surface area contributed by atoms with Gasteiger partial charge in [-0.05, 0) is 43.2 Å². The second-order valence-electron chi connectivity index (χ2n) is 7.58. The molecule has 11 heteroatoms. The Morgan fingerprint density at radius 3 is 2.44 bits per heavy atom. The first-order chi connectivity index (χ1) is 15.2. The molecule has 1 aliphatic rings. The maximum atomic E-state index is 13.0. The van der Waals surface area contributed by atoms with Crippen LogP contribution in [-0.2, 0) is 10.0 Å². The van der Waals surface area contributed by atoms with Gasteiger partial charge in [0.05, 0.1) is 15.5 Å². The standard InChI is InChI=1S/C21H21ClN4O4S2/c1-14-3-4-16(11-15(14)2)19-13-31-21(23-19)24-7-9-25(10-8-24)32(29,30)17-5-6-18(22)20(12-17)26(27)28/h3-6,11-13H,7-10H2,1-2H3.